The zero-order chi connectivity index (χ0) is 21.4. The summed E-state index contributed by atoms with van der Waals surface area (Å²) >= 11 is 0. The van der Waals surface area contributed by atoms with Crippen molar-refractivity contribution in [1.82, 2.24) is 5.32 Å². The number of hydrogen-bond donors (Lipinski definition) is 1. The predicted molar refractivity (Wildman–Crippen MR) is 110 cm³/mol. The maximum atomic E-state index is 13.2. The molecule has 0 bridgehead atoms. The third-order valence-corrected chi connectivity index (χ3v) is 5.90. The Morgan fingerprint density at radius 3 is 2.52 bits per heavy atom. The van der Waals surface area contributed by atoms with Gasteiger partial charge in [-0.1, -0.05) is 12.1 Å². The summed E-state index contributed by atoms with van der Waals surface area (Å²) in [6.07, 6.45) is 1.56. The minimum atomic E-state index is -3.73. The molecule has 1 atom stereocenters. The molecule has 6 nitrogen and oxygen atoms in total. The number of anilines is 1. The van der Waals surface area contributed by atoms with Gasteiger partial charge in [0.25, 0.3) is 0 Å². The maximum Gasteiger partial charge on any atom is 0.241 e. The van der Waals surface area contributed by atoms with E-state index in [1.807, 2.05) is 39.0 Å². The topological polar surface area (TPSA) is 75.7 Å². The van der Waals surface area contributed by atoms with Gasteiger partial charge in [0, 0.05) is 12.0 Å². The van der Waals surface area contributed by atoms with Crippen LogP contribution in [0.15, 0.2) is 42.5 Å². The second-order valence-electron chi connectivity index (χ2n) is 7.97. The Morgan fingerprint density at radius 1 is 1.24 bits per heavy atom. The van der Waals surface area contributed by atoms with Crippen LogP contribution in [0.2, 0.25) is 0 Å². The Bertz CT molecular complexity index is 1020. The molecule has 0 radical (unpaired) electrons. The molecular formula is C21H25FN2O4S. The number of amides is 1. The number of aryl methyl sites for hydroxylation is 1. The van der Waals surface area contributed by atoms with E-state index in [0.717, 1.165) is 33.8 Å². The van der Waals surface area contributed by atoms with Gasteiger partial charge in [0.05, 0.1) is 18.0 Å². The molecule has 0 spiro atoms. The summed E-state index contributed by atoms with van der Waals surface area (Å²) < 4.78 is 44.6. The Morgan fingerprint density at radius 2 is 1.90 bits per heavy atom. The quantitative estimate of drug-likeness (QED) is 0.805. The number of fused-ring (bicyclic) bond motifs is 1. The number of halogens is 1. The molecule has 1 N–H and O–H groups in total. The van der Waals surface area contributed by atoms with Crippen molar-refractivity contribution in [3.05, 3.63) is 59.4 Å². The van der Waals surface area contributed by atoms with E-state index in [9.17, 15) is 17.6 Å². The largest absolute Gasteiger partial charge is 0.487 e. The first-order valence-electron chi connectivity index (χ1n) is 9.27. The van der Waals surface area contributed by atoms with Gasteiger partial charge >= 0.3 is 0 Å². The van der Waals surface area contributed by atoms with Crippen LogP contribution < -0.4 is 14.4 Å². The third-order valence-electron chi connectivity index (χ3n) is 4.76. The van der Waals surface area contributed by atoms with Crippen LogP contribution in [0.3, 0.4) is 0 Å². The smallest absolute Gasteiger partial charge is 0.241 e. The second-order valence-corrected chi connectivity index (χ2v) is 9.88. The van der Waals surface area contributed by atoms with Gasteiger partial charge in [-0.05, 0) is 56.7 Å². The number of ether oxygens (including phenoxy) is 1. The zero-order valence-electron chi connectivity index (χ0n) is 16.9. The molecule has 2 aromatic carbocycles. The first kappa shape index (κ1) is 21.1. The molecule has 2 aromatic rings. The highest BCUT2D eigenvalue weighted by molar-refractivity contribution is 7.92. The van der Waals surface area contributed by atoms with E-state index in [2.05, 4.69) is 5.32 Å². The number of benzene rings is 2. The molecule has 8 heteroatoms. The third kappa shape index (κ3) is 5.06. The lowest BCUT2D eigenvalue weighted by atomic mass is 9.89. The second kappa shape index (κ2) is 7.67. The fourth-order valence-corrected chi connectivity index (χ4v) is 4.32. The van der Waals surface area contributed by atoms with Crippen LogP contribution in [0.25, 0.3) is 0 Å². The van der Waals surface area contributed by atoms with Crippen molar-refractivity contribution in [3.8, 4) is 5.75 Å². The van der Waals surface area contributed by atoms with Crippen LogP contribution >= 0.6 is 0 Å². The minimum absolute atomic E-state index is 0.229. The summed E-state index contributed by atoms with van der Waals surface area (Å²) in [6, 6.07) is 10.5. The van der Waals surface area contributed by atoms with E-state index in [1.54, 1.807) is 0 Å². The molecule has 0 fully saturated rings. The lowest BCUT2D eigenvalue weighted by Gasteiger charge is -2.38. The molecule has 3 rings (SSSR count). The van der Waals surface area contributed by atoms with Gasteiger partial charge in [0.1, 0.15) is 23.7 Å². The monoisotopic (exact) mass is 420 g/mol. The normalized spacial score (nSPS) is 17.8. The lowest BCUT2D eigenvalue weighted by molar-refractivity contribution is -0.120. The number of nitrogens with one attached hydrogen (secondary N) is 1. The average Bonchev–Trinajstić information content (AvgIpc) is 2.58. The molecule has 0 saturated heterocycles. The van der Waals surface area contributed by atoms with E-state index in [1.165, 1.54) is 12.1 Å². The summed E-state index contributed by atoms with van der Waals surface area (Å²) in [7, 11) is -3.73. The van der Waals surface area contributed by atoms with E-state index in [0.29, 0.717) is 12.2 Å². The summed E-state index contributed by atoms with van der Waals surface area (Å²) in [5.74, 6) is -0.220. The SMILES string of the molecule is Cc1ccc2c(c1)OC(C)(C)C[C@H]2NC(=O)CN(c1ccc(F)cc1)S(C)(=O)=O. The highest BCUT2D eigenvalue weighted by Gasteiger charge is 2.35. The van der Waals surface area contributed by atoms with Crippen LogP contribution in [-0.4, -0.2) is 32.7 Å². The van der Waals surface area contributed by atoms with Crippen molar-refractivity contribution in [1.29, 1.82) is 0 Å². The molecule has 0 aromatic heterocycles. The molecule has 0 saturated carbocycles. The van der Waals surface area contributed by atoms with Crippen LogP contribution in [-0.2, 0) is 14.8 Å². The van der Waals surface area contributed by atoms with E-state index in [4.69, 9.17) is 4.74 Å². The molecule has 0 aliphatic carbocycles. The highest BCUT2D eigenvalue weighted by Crippen LogP contribution is 2.39. The van der Waals surface area contributed by atoms with Crippen molar-refractivity contribution in [3.63, 3.8) is 0 Å². The molecule has 0 unspecified atom stereocenters. The molecule has 156 valence electrons. The fraction of sp³-hybridized carbons (Fsp3) is 0.381. The Kier molecular flexibility index (Phi) is 5.58. The molecule has 1 heterocycles. The molecule has 1 amide bonds. The van der Waals surface area contributed by atoms with Crippen molar-refractivity contribution in [2.75, 3.05) is 17.1 Å². The number of nitrogens with zero attached hydrogens (tertiary/aromatic N) is 1. The first-order chi connectivity index (χ1) is 13.4. The minimum Gasteiger partial charge on any atom is -0.487 e. The Labute approximate surface area is 170 Å². The van der Waals surface area contributed by atoms with Gasteiger partial charge < -0.3 is 10.1 Å². The molecular weight excluding hydrogens is 395 g/mol. The number of carbonyl (C=O) groups excluding carboxylic acids is 1. The Balaban J connectivity index is 1.83. The summed E-state index contributed by atoms with van der Waals surface area (Å²) in [6.45, 7) is 5.45. The van der Waals surface area contributed by atoms with E-state index >= 15 is 0 Å². The molecule has 1 aliphatic heterocycles. The predicted octanol–water partition coefficient (Wildman–Crippen LogP) is 3.32. The van der Waals surface area contributed by atoms with Crippen molar-refractivity contribution in [2.24, 2.45) is 0 Å². The zero-order valence-corrected chi connectivity index (χ0v) is 17.7. The molecule has 1 aliphatic rings. The van der Waals surface area contributed by atoms with Crippen molar-refractivity contribution in [2.45, 2.75) is 38.8 Å². The van der Waals surface area contributed by atoms with Gasteiger partial charge in [-0.3, -0.25) is 9.10 Å². The van der Waals surface area contributed by atoms with Crippen molar-refractivity contribution >= 4 is 21.6 Å². The maximum absolute atomic E-state index is 13.2. The number of carbonyl (C=O) groups is 1. The van der Waals surface area contributed by atoms with Gasteiger partial charge in [0.15, 0.2) is 0 Å². The standard InChI is InChI=1S/C21H25FN2O4S/c1-14-5-10-17-18(12-21(2,3)28-19(17)11-14)23-20(25)13-24(29(4,26)27)16-8-6-15(22)7-9-16/h5-11,18H,12-13H2,1-4H3,(H,23,25)/t18-/m1/s1. The van der Waals surface area contributed by atoms with Crippen LogP contribution in [0.4, 0.5) is 10.1 Å². The number of rotatable bonds is 5. The fourth-order valence-electron chi connectivity index (χ4n) is 3.47. The number of sulfonamides is 1. The van der Waals surface area contributed by atoms with Gasteiger partial charge in [-0.15, -0.1) is 0 Å². The van der Waals surface area contributed by atoms with E-state index < -0.39 is 33.9 Å². The van der Waals surface area contributed by atoms with Crippen LogP contribution in [0, 0.1) is 12.7 Å². The summed E-state index contributed by atoms with van der Waals surface area (Å²) in [5.41, 5.74) is 1.65. The molecule has 29 heavy (non-hydrogen) atoms. The van der Waals surface area contributed by atoms with Crippen LogP contribution in [0.5, 0.6) is 5.75 Å². The summed E-state index contributed by atoms with van der Waals surface area (Å²) in [4.78, 5) is 12.8. The van der Waals surface area contributed by atoms with Crippen molar-refractivity contribution < 1.29 is 22.3 Å². The number of hydrogen-bond acceptors (Lipinski definition) is 4. The van der Waals surface area contributed by atoms with Gasteiger partial charge in [-0.2, -0.15) is 0 Å². The summed E-state index contributed by atoms with van der Waals surface area (Å²) in [5, 5.41) is 2.93. The first-order valence-corrected chi connectivity index (χ1v) is 11.1. The highest BCUT2D eigenvalue weighted by atomic mass is 32.2. The Hall–Kier alpha value is -2.61. The van der Waals surface area contributed by atoms with Gasteiger partial charge in [-0.25, -0.2) is 12.8 Å². The lowest BCUT2D eigenvalue weighted by Crippen LogP contribution is -2.45. The average molecular weight is 421 g/mol. The van der Waals surface area contributed by atoms with E-state index in [-0.39, 0.29) is 11.7 Å². The van der Waals surface area contributed by atoms with Crippen LogP contribution in [0.1, 0.15) is 37.4 Å². The van der Waals surface area contributed by atoms with Gasteiger partial charge in [0.2, 0.25) is 15.9 Å².